The van der Waals surface area contributed by atoms with Crippen LogP contribution in [0.15, 0.2) is 36.4 Å². The molecule has 1 aliphatic rings. The quantitative estimate of drug-likeness (QED) is 0.589. The molecule has 1 heterocycles. The van der Waals surface area contributed by atoms with E-state index in [1.54, 1.807) is 0 Å². The highest BCUT2D eigenvalue weighted by Gasteiger charge is 2.23. The smallest absolute Gasteiger partial charge is 0.0843 e. The Morgan fingerprint density at radius 3 is 2.19 bits per heavy atom. The highest BCUT2D eigenvalue weighted by atomic mass is 35.5. The number of fused-ring (bicyclic) bond motifs is 3. The fraction of sp³-hybridized carbons (Fsp3) is 0.429. The Morgan fingerprint density at radius 2 is 1.59 bits per heavy atom. The summed E-state index contributed by atoms with van der Waals surface area (Å²) in [7, 11) is 0. The van der Waals surface area contributed by atoms with Crippen LogP contribution in [0.4, 0.5) is 0 Å². The van der Waals surface area contributed by atoms with E-state index in [9.17, 15) is 10.2 Å². The first-order valence-corrected chi connectivity index (χ1v) is 10.2. The average Bonchev–Trinajstić information content (AvgIpc) is 2.93. The van der Waals surface area contributed by atoms with Crippen LogP contribution >= 0.6 is 23.2 Å². The monoisotopic (exact) mass is 406 g/mol. The number of aromatic nitrogens is 1. The predicted molar refractivity (Wildman–Crippen MR) is 112 cm³/mol. The summed E-state index contributed by atoms with van der Waals surface area (Å²) in [5.74, 6) is 0. The molecule has 0 radical (unpaired) electrons. The van der Waals surface area contributed by atoms with Crippen molar-refractivity contribution in [2.24, 2.45) is 0 Å². The summed E-state index contributed by atoms with van der Waals surface area (Å²) in [5.41, 5.74) is 2.04. The summed E-state index contributed by atoms with van der Waals surface area (Å²) in [5, 5.41) is 27.5. The van der Waals surface area contributed by atoms with E-state index in [1.807, 2.05) is 36.4 Å². The van der Waals surface area contributed by atoms with Gasteiger partial charge in [0.1, 0.15) is 0 Å². The summed E-state index contributed by atoms with van der Waals surface area (Å²) >= 11 is 12.4. The van der Waals surface area contributed by atoms with Gasteiger partial charge in [-0.1, -0.05) is 36.0 Å². The molecule has 0 aliphatic heterocycles. The molecule has 0 saturated heterocycles. The molecule has 1 aromatic heterocycles. The van der Waals surface area contributed by atoms with Crippen molar-refractivity contribution in [1.82, 2.24) is 9.88 Å². The lowest BCUT2D eigenvalue weighted by Crippen LogP contribution is -2.45. The van der Waals surface area contributed by atoms with Crippen molar-refractivity contribution in [1.29, 1.82) is 0 Å². The molecule has 1 aliphatic carbocycles. The minimum absolute atomic E-state index is 0.0733. The molecule has 4 rings (SSSR count). The van der Waals surface area contributed by atoms with Gasteiger partial charge >= 0.3 is 0 Å². The fourth-order valence-corrected chi connectivity index (χ4v) is 4.50. The normalized spacial score (nSPS) is 21.8. The predicted octanol–water partition coefficient (Wildman–Crippen LogP) is 4.36. The zero-order valence-corrected chi connectivity index (χ0v) is 16.5. The van der Waals surface area contributed by atoms with E-state index >= 15 is 0 Å². The molecule has 3 unspecified atom stereocenters. The highest BCUT2D eigenvalue weighted by Crippen LogP contribution is 2.33. The second-order valence-electron chi connectivity index (χ2n) is 7.45. The molecular weight excluding hydrogens is 383 g/mol. The van der Waals surface area contributed by atoms with Gasteiger partial charge in [0.2, 0.25) is 0 Å². The number of halogens is 2. The van der Waals surface area contributed by atoms with E-state index in [-0.39, 0.29) is 12.1 Å². The Balaban J connectivity index is 1.58. The van der Waals surface area contributed by atoms with E-state index in [0.717, 1.165) is 47.5 Å². The third-order valence-corrected chi connectivity index (χ3v) is 6.00. The minimum Gasteiger partial charge on any atom is -0.392 e. The third-order valence-electron chi connectivity index (χ3n) is 5.53. The molecule has 3 aromatic rings. The van der Waals surface area contributed by atoms with Crippen LogP contribution in [0.1, 0.15) is 25.7 Å². The molecule has 4 nitrogen and oxygen atoms in total. The number of hydrogen-bond acceptors (Lipinski definition) is 3. The zero-order chi connectivity index (χ0) is 19.0. The molecule has 0 bridgehead atoms. The first-order chi connectivity index (χ1) is 13.0. The average molecular weight is 407 g/mol. The third kappa shape index (κ3) is 3.96. The van der Waals surface area contributed by atoms with Gasteiger partial charge in [0.05, 0.1) is 18.8 Å². The maximum absolute atomic E-state index is 10.6. The second-order valence-corrected chi connectivity index (χ2v) is 8.33. The maximum Gasteiger partial charge on any atom is 0.0843 e. The SMILES string of the molecule is OC(CNC1CCCCC1O)Cn1c2ccc(Cl)cc2c2cc(Cl)ccc21. The second kappa shape index (κ2) is 7.98. The highest BCUT2D eigenvalue weighted by molar-refractivity contribution is 6.33. The van der Waals surface area contributed by atoms with Gasteiger partial charge in [-0.2, -0.15) is 0 Å². The van der Waals surface area contributed by atoms with Gasteiger partial charge in [-0.25, -0.2) is 0 Å². The number of aliphatic hydroxyl groups is 2. The van der Waals surface area contributed by atoms with Gasteiger partial charge in [0.25, 0.3) is 0 Å². The van der Waals surface area contributed by atoms with Crippen LogP contribution in [-0.4, -0.2) is 39.6 Å². The fourth-order valence-electron chi connectivity index (χ4n) is 4.16. The van der Waals surface area contributed by atoms with Gasteiger partial charge in [0.15, 0.2) is 0 Å². The zero-order valence-electron chi connectivity index (χ0n) is 15.0. The van der Waals surface area contributed by atoms with Crippen LogP contribution in [0.5, 0.6) is 0 Å². The topological polar surface area (TPSA) is 57.4 Å². The molecule has 0 spiro atoms. The van der Waals surface area contributed by atoms with Gasteiger partial charge in [-0.3, -0.25) is 0 Å². The van der Waals surface area contributed by atoms with Crippen molar-refractivity contribution in [3.8, 4) is 0 Å². The summed E-state index contributed by atoms with van der Waals surface area (Å²) in [4.78, 5) is 0. The number of aliphatic hydroxyl groups excluding tert-OH is 2. The van der Waals surface area contributed by atoms with Gasteiger partial charge in [-0.15, -0.1) is 0 Å². The lowest BCUT2D eigenvalue weighted by Gasteiger charge is -2.29. The van der Waals surface area contributed by atoms with Crippen molar-refractivity contribution < 1.29 is 10.2 Å². The van der Waals surface area contributed by atoms with E-state index in [1.165, 1.54) is 0 Å². The Labute approximate surface area is 168 Å². The summed E-state index contributed by atoms with van der Waals surface area (Å²) in [6.07, 6.45) is 3.11. The number of nitrogens with zero attached hydrogens (tertiary/aromatic N) is 1. The van der Waals surface area contributed by atoms with Crippen molar-refractivity contribution in [3.05, 3.63) is 46.4 Å². The molecule has 6 heteroatoms. The molecule has 0 amide bonds. The van der Waals surface area contributed by atoms with Crippen LogP contribution in [-0.2, 0) is 6.54 Å². The van der Waals surface area contributed by atoms with Gasteiger partial charge in [-0.05, 0) is 49.2 Å². The molecule has 1 fully saturated rings. The minimum atomic E-state index is -0.565. The number of rotatable bonds is 5. The van der Waals surface area contributed by atoms with E-state index in [2.05, 4.69) is 9.88 Å². The molecule has 1 saturated carbocycles. The Bertz CT molecular complexity index is 897. The number of benzene rings is 2. The number of nitrogens with one attached hydrogen (secondary N) is 1. The van der Waals surface area contributed by atoms with Gasteiger partial charge < -0.3 is 20.1 Å². The van der Waals surface area contributed by atoms with Crippen LogP contribution in [0.2, 0.25) is 10.0 Å². The van der Waals surface area contributed by atoms with Crippen LogP contribution in [0.3, 0.4) is 0 Å². The lowest BCUT2D eigenvalue weighted by molar-refractivity contribution is 0.0774. The molecule has 2 aromatic carbocycles. The first-order valence-electron chi connectivity index (χ1n) is 9.49. The largest absolute Gasteiger partial charge is 0.392 e. The summed E-state index contributed by atoms with van der Waals surface area (Å²) in [6, 6.07) is 11.6. The molecule has 27 heavy (non-hydrogen) atoms. The van der Waals surface area contributed by atoms with Crippen LogP contribution in [0, 0.1) is 0 Å². The van der Waals surface area contributed by atoms with Crippen LogP contribution in [0.25, 0.3) is 21.8 Å². The summed E-state index contributed by atoms with van der Waals surface area (Å²) < 4.78 is 2.11. The molecule has 3 atom stereocenters. The lowest BCUT2D eigenvalue weighted by atomic mass is 9.92. The first kappa shape index (κ1) is 19.0. The van der Waals surface area contributed by atoms with E-state index in [0.29, 0.717) is 23.1 Å². The standard InChI is InChI=1S/C21H24Cl2N2O2/c22-13-5-7-19-16(9-13)17-10-14(23)6-8-20(17)25(19)12-15(26)11-24-18-3-1-2-4-21(18)27/h5-10,15,18,21,24,26-27H,1-4,11-12H2. The Morgan fingerprint density at radius 1 is 1.00 bits per heavy atom. The van der Waals surface area contributed by atoms with Crippen molar-refractivity contribution >= 4 is 45.0 Å². The van der Waals surface area contributed by atoms with Gasteiger partial charge in [0, 0.05) is 44.4 Å². The Hall–Kier alpha value is -1.30. The summed E-state index contributed by atoms with van der Waals surface area (Å²) in [6.45, 7) is 0.906. The van der Waals surface area contributed by atoms with Crippen LogP contribution < -0.4 is 5.32 Å². The Kier molecular flexibility index (Phi) is 5.62. The maximum atomic E-state index is 10.6. The number of hydrogen-bond donors (Lipinski definition) is 3. The molecular formula is C21H24Cl2N2O2. The van der Waals surface area contributed by atoms with E-state index in [4.69, 9.17) is 23.2 Å². The van der Waals surface area contributed by atoms with E-state index < -0.39 is 6.10 Å². The molecule has 144 valence electrons. The van der Waals surface area contributed by atoms with Crippen molar-refractivity contribution in [3.63, 3.8) is 0 Å². The van der Waals surface area contributed by atoms with Crippen molar-refractivity contribution in [2.45, 2.75) is 50.5 Å². The van der Waals surface area contributed by atoms with Crippen molar-refractivity contribution in [2.75, 3.05) is 6.54 Å². The molecule has 3 N–H and O–H groups in total.